The predicted molar refractivity (Wildman–Crippen MR) is 115 cm³/mol. The summed E-state index contributed by atoms with van der Waals surface area (Å²) in [5, 5.41) is 8.95. The number of aromatic nitrogens is 3. The van der Waals surface area contributed by atoms with Gasteiger partial charge in [0.2, 0.25) is 5.91 Å². The standard InChI is InChI=1S/C21H29N7O2/c1-4-16-17(13-5-6-13)28-20(18(27-16)19(22)29)26-15-8-9-24-14(11-15)7-10-25-21(30)12(2)23-3/h8-9,11-13,23H,4-7,10H2,1-3H3,(H2,22,29)(H,25,30)(H,24,26,28)/t12-/m0/s1. The first-order valence-electron chi connectivity index (χ1n) is 10.3. The Kier molecular flexibility index (Phi) is 6.94. The second-order valence-corrected chi connectivity index (χ2v) is 7.46. The topological polar surface area (TPSA) is 135 Å². The number of likely N-dealkylation sites (N-methyl/N-ethyl adjacent to an activating group) is 1. The largest absolute Gasteiger partial charge is 0.364 e. The summed E-state index contributed by atoms with van der Waals surface area (Å²) in [6.45, 7) is 4.28. The fourth-order valence-electron chi connectivity index (χ4n) is 3.11. The van der Waals surface area contributed by atoms with E-state index in [9.17, 15) is 9.59 Å². The summed E-state index contributed by atoms with van der Waals surface area (Å²) in [5.41, 5.74) is 9.01. The van der Waals surface area contributed by atoms with Crippen molar-refractivity contribution in [3.05, 3.63) is 41.1 Å². The van der Waals surface area contributed by atoms with E-state index in [1.165, 1.54) is 0 Å². The van der Waals surface area contributed by atoms with Crippen molar-refractivity contribution in [2.24, 2.45) is 5.73 Å². The zero-order chi connectivity index (χ0) is 21.7. The first-order chi connectivity index (χ1) is 14.4. The molecule has 0 bridgehead atoms. The average molecular weight is 412 g/mol. The molecule has 2 aromatic rings. The molecule has 1 fully saturated rings. The van der Waals surface area contributed by atoms with Gasteiger partial charge in [-0.05, 0) is 45.4 Å². The van der Waals surface area contributed by atoms with Gasteiger partial charge in [0.1, 0.15) is 0 Å². The second kappa shape index (κ2) is 9.62. The summed E-state index contributed by atoms with van der Waals surface area (Å²) >= 11 is 0. The van der Waals surface area contributed by atoms with Crippen LogP contribution in [0.3, 0.4) is 0 Å². The van der Waals surface area contributed by atoms with Crippen LogP contribution in [0.25, 0.3) is 0 Å². The van der Waals surface area contributed by atoms with Gasteiger partial charge in [0.15, 0.2) is 11.5 Å². The lowest BCUT2D eigenvalue weighted by Crippen LogP contribution is -2.41. The third kappa shape index (κ3) is 5.29. The second-order valence-electron chi connectivity index (χ2n) is 7.46. The Morgan fingerprint density at radius 3 is 2.70 bits per heavy atom. The fraction of sp³-hybridized carbons (Fsp3) is 0.476. The van der Waals surface area contributed by atoms with Crippen molar-refractivity contribution in [3.8, 4) is 0 Å². The molecule has 9 heteroatoms. The highest BCUT2D eigenvalue weighted by Crippen LogP contribution is 2.41. The van der Waals surface area contributed by atoms with Crippen molar-refractivity contribution in [2.45, 2.75) is 51.5 Å². The van der Waals surface area contributed by atoms with Gasteiger partial charge in [-0.1, -0.05) is 6.92 Å². The van der Waals surface area contributed by atoms with Gasteiger partial charge in [-0.2, -0.15) is 0 Å². The van der Waals surface area contributed by atoms with Crippen molar-refractivity contribution in [2.75, 3.05) is 18.9 Å². The molecule has 160 valence electrons. The summed E-state index contributed by atoms with van der Waals surface area (Å²) in [4.78, 5) is 37.4. The van der Waals surface area contributed by atoms with E-state index in [0.717, 1.165) is 35.6 Å². The van der Waals surface area contributed by atoms with Crippen molar-refractivity contribution < 1.29 is 9.59 Å². The maximum absolute atomic E-state index is 12.0. The average Bonchev–Trinajstić information content (AvgIpc) is 3.58. The molecule has 9 nitrogen and oxygen atoms in total. The number of nitrogens with two attached hydrogens (primary N) is 1. The molecule has 0 aromatic carbocycles. The van der Waals surface area contributed by atoms with Crippen molar-refractivity contribution >= 4 is 23.3 Å². The van der Waals surface area contributed by atoms with Gasteiger partial charge in [-0.15, -0.1) is 0 Å². The monoisotopic (exact) mass is 411 g/mol. The minimum Gasteiger partial charge on any atom is -0.364 e. The fourth-order valence-corrected chi connectivity index (χ4v) is 3.11. The Morgan fingerprint density at radius 1 is 1.30 bits per heavy atom. The lowest BCUT2D eigenvalue weighted by atomic mass is 10.1. The van der Waals surface area contributed by atoms with E-state index in [2.05, 4.69) is 25.9 Å². The lowest BCUT2D eigenvalue weighted by Gasteiger charge is -2.14. The number of primary amides is 1. The number of hydrogen-bond donors (Lipinski definition) is 4. The van der Waals surface area contributed by atoms with Crippen LogP contribution in [0.15, 0.2) is 18.3 Å². The molecule has 0 aliphatic heterocycles. The highest BCUT2D eigenvalue weighted by atomic mass is 16.2. The van der Waals surface area contributed by atoms with Crippen molar-refractivity contribution in [1.82, 2.24) is 25.6 Å². The molecular weight excluding hydrogens is 382 g/mol. The van der Waals surface area contributed by atoms with E-state index in [1.807, 2.05) is 13.0 Å². The van der Waals surface area contributed by atoms with E-state index < -0.39 is 5.91 Å². The first-order valence-corrected chi connectivity index (χ1v) is 10.3. The van der Waals surface area contributed by atoms with Crippen LogP contribution in [0.1, 0.15) is 60.2 Å². The van der Waals surface area contributed by atoms with Gasteiger partial charge < -0.3 is 21.7 Å². The van der Waals surface area contributed by atoms with E-state index >= 15 is 0 Å². The minimum absolute atomic E-state index is 0.0585. The summed E-state index contributed by atoms with van der Waals surface area (Å²) in [5.74, 6) is 0.107. The van der Waals surface area contributed by atoms with Gasteiger partial charge in [0.25, 0.3) is 5.91 Å². The van der Waals surface area contributed by atoms with Crippen molar-refractivity contribution in [1.29, 1.82) is 0 Å². The number of nitrogens with zero attached hydrogens (tertiary/aromatic N) is 3. The third-order valence-electron chi connectivity index (χ3n) is 5.12. The Labute approximate surface area is 176 Å². The van der Waals surface area contributed by atoms with E-state index in [-0.39, 0.29) is 17.6 Å². The van der Waals surface area contributed by atoms with Crippen LogP contribution in [0.2, 0.25) is 0 Å². The van der Waals surface area contributed by atoms with Gasteiger partial charge in [-0.25, -0.2) is 9.97 Å². The Hall–Kier alpha value is -3.07. The molecule has 3 rings (SSSR count). The highest BCUT2D eigenvalue weighted by molar-refractivity contribution is 5.96. The number of nitrogens with one attached hydrogen (secondary N) is 3. The summed E-state index contributed by atoms with van der Waals surface area (Å²) < 4.78 is 0. The van der Waals surface area contributed by atoms with E-state index in [0.29, 0.717) is 31.1 Å². The van der Waals surface area contributed by atoms with Crippen LogP contribution in [-0.2, 0) is 17.6 Å². The van der Waals surface area contributed by atoms with Crippen LogP contribution in [0.5, 0.6) is 0 Å². The molecule has 0 saturated heterocycles. The number of anilines is 2. The maximum Gasteiger partial charge on any atom is 0.271 e. The molecule has 0 radical (unpaired) electrons. The third-order valence-corrected chi connectivity index (χ3v) is 5.12. The molecule has 0 spiro atoms. The summed E-state index contributed by atoms with van der Waals surface area (Å²) in [6, 6.07) is 3.41. The van der Waals surface area contributed by atoms with Gasteiger partial charge in [0, 0.05) is 36.5 Å². The zero-order valence-corrected chi connectivity index (χ0v) is 17.7. The van der Waals surface area contributed by atoms with Crippen LogP contribution in [-0.4, -0.2) is 46.4 Å². The molecule has 1 aliphatic rings. The smallest absolute Gasteiger partial charge is 0.271 e. The minimum atomic E-state index is -0.613. The van der Waals surface area contributed by atoms with Crippen LogP contribution in [0.4, 0.5) is 11.5 Å². The Balaban J connectivity index is 1.75. The first kappa shape index (κ1) is 21.6. The molecule has 0 unspecified atom stereocenters. The predicted octanol–water partition coefficient (Wildman–Crippen LogP) is 1.42. The van der Waals surface area contributed by atoms with Crippen molar-refractivity contribution in [3.63, 3.8) is 0 Å². The maximum atomic E-state index is 12.0. The molecule has 1 aliphatic carbocycles. The number of rotatable bonds is 10. The molecule has 2 aromatic heterocycles. The van der Waals surface area contributed by atoms with E-state index in [1.54, 1.807) is 26.2 Å². The normalized spacial score (nSPS) is 14.2. The number of pyridine rings is 1. The number of carbonyl (C=O) groups excluding carboxylic acids is 2. The van der Waals surface area contributed by atoms with Crippen LogP contribution in [0, 0.1) is 0 Å². The van der Waals surface area contributed by atoms with Gasteiger partial charge >= 0.3 is 0 Å². The molecule has 2 amide bonds. The number of hydrogen-bond acceptors (Lipinski definition) is 7. The zero-order valence-electron chi connectivity index (χ0n) is 17.7. The van der Waals surface area contributed by atoms with Crippen LogP contribution >= 0.6 is 0 Å². The molecular formula is C21H29N7O2. The Morgan fingerprint density at radius 2 is 2.07 bits per heavy atom. The van der Waals surface area contributed by atoms with Gasteiger partial charge in [-0.3, -0.25) is 14.6 Å². The molecule has 1 atom stereocenters. The van der Waals surface area contributed by atoms with Crippen LogP contribution < -0.4 is 21.7 Å². The number of amides is 2. The molecule has 2 heterocycles. The SMILES string of the molecule is CCc1nc(C(N)=O)c(Nc2ccnc(CCNC(=O)[C@H](C)NC)c2)nc1C1CC1. The molecule has 1 saturated carbocycles. The summed E-state index contributed by atoms with van der Waals surface area (Å²) in [6.07, 6.45) is 5.14. The summed E-state index contributed by atoms with van der Waals surface area (Å²) in [7, 11) is 1.74. The molecule has 30 heavy (non-hydrogen) atoms. The lowest BCUT2D eigenvalue weighted by molar-refractivity contribution is -0.122. The quantitative estimate of drug-likeness (QED) is 0.464. The van der Waals surface area contributed by atoms with E-state index in [4.69, 9.17) is 10.7 Å². The number of carbonyl (C=O) groups is 2. The Bertz CT molecular complexity index is 928. The number of aryl methyl sites for hydroxylation is 1. The highest BCUT2D eigenvalue weighted by Gasteiger charge is 2.30. The van der Waals surface area contributed by atoms with Gasteiger partial charge in [0.05, 0.1) is 17.4 Å². The molecule has 5 N–H and O–H groups in total.